The zero-order valence-corrected chi connectivity index (χ0v) is 11.1. The van der Waals surface area contributed by atoms with Crippen LogP contribution in [0.2, 0.25) is 0 Å². The number of hydrogen-bond donors (Lipinski definition) is 1. The molecule has 2 rings (SSSR count). The number of likely N-dealkylation sites (tertiary alicyclic amines) is 1. The highest BCUT2D eigenvalue weighted by molar-refractivity contribution is 5.85. The van der Waals surface area contributed by atoms with Crippen LogP contribution in [0.1, 0.15) is 39.5 Å². The number of rotatable bonds is 1. The van der Waals surface area contributed by atoms with Crippen molar-refractivity contribution >= 4 is 18.3 Å². The number of halogens is 1. The van der Waals surface area contributed by atoms with E-state index in [1.165, 1.54) is 0 Å². The van der Waals surface area contributed by atoms with Gasteiger partial charge in [-0.3, -0.25) is 4.79 Å². The lowest BCUT2D eigenvalue weighted by atomic mass is 9.93. The van der Waals surface area contributed by atoms with Gasteiger partial charge in [0, 0.05) is 25.0 Å². The fourth-order valence-electron chi connectivity index (χ4n) is 2.80. The van der Waals surface area contributed by atoms with Crippen LogP contribution < -0.4 is 5.73 Å². The molecule has 0 aromatic rings. The van der Waals surface area contributed by atoms with E-state index in [4.69, 9.17) is 5.73 Å². The van der Waals surface area contributed by atoms with Crippen molar-refractivity contribution < 1.29 is 4.79 Å². The molecule has 0 spiro atoms. The minimum absolute atomic E-state index is 0. The molecule has 2 N–H and O–H groups in total. The first-order valence-corrected chi connectivity index (χ1v) is 6.02. The quantitative estimate of drug-likeness (QED) is 0.767. The number of nitrogens with zero attached hydrogens (tertiary/aromatic N) is 1. The van der Waals surface area contributed by atoms with Crippen molar-refractivity contribution in [1.29, 1.82) is 0 Å². The summed E-state index contributed by atoms with van der Waals surface area (Å²) in [6, 6.07) is 0.259. The summed E-state index contributed by atoms with van der Waals surface area (Å²) in [4.78, 5) is 14.2. The van der Waals surface area contributed by atoms with Crippen molar-refractivity contribution in [3.05, 3.63) is 0 Å². The predicted molar refractivity (Wildman–Crippen MR) is 67.5 cm³/mol. The van der Waals surface area contributed by atoms with Gasteiger partial charge in [0.2, 0.25) is 5.91 Å². The average Bonchev–Trinajstić information content (AvgIpc) is 2.71. The SMILES string of the molecule is CC1(C)CCN(C(=O)C2CCC(N)C2)C1.Cl. The van der Waals surface area contributed by atoms with Crippen LogP contribution in [0.15, 0.2) is 0 Å². The topological polar surface area (TPSA) is 46.3 Å². The van der Waals surface area contributed by atoms with Crippen molar-refractivity contribution in [3.8, 4) is 0 Å². The van der Waals surface area contributed by atoms with Crippen molar-refractivity contribution in [2.24, 2.45) is 17.1 Å². The van der Waals surface area contributed by atoms with Gasteiger partial charge in [-0.1, -0.05) is 13.8 Å². The summed E-state index contributed by atoms with van der Waals surface area (Å²) >= 11 is 0. The third-order valence-corrected chi connectivity index (χ3v) is 3.81. The molecule has 0 radical (unpaired) electrons. The lowest BCUT2D eigenvalue weighted by Gasteiger charge is -2.22. The number of amides is 1. The van der Waals surface area contributed by atoms with Crippen LogP contribution >= 0.6 is 12.4 Å². The molecule has 94 valence electrons. The van der Waals surface area contributed by atoms with E-state index in [1.54, 1.807) is 0 Å². The molecule has 3 nitrogen and oxygen atoms in total. The molecule has 1 amide bonds. The Labute approximate surface area is 104 Å². The molecule has 0 bridgehead atoms. The van der Waals surface area contributed by atoms with Crippen molar-refractivity contribution in [1.82, 2.24) is 4.90 Å². The summed E-state index contributed by atoms with van der Waals surface area (Å²) in [5.74, 6) is 0.572. The Morgan fingerprint density at radius 1 is 1.38 bits per heavy atom. The van der Waals surface area contributed by atoms with Crippen molar-refractivity contribution in [3.63, 3.8) is 0 Å². The van der Waals surface area contributed by atoms with Gasteiger partial charge in [-0.25, -0.2) is 0 Å². The number of nitrogens with two attached hydrogens (primary N) is 1. The fraction of sp³-hybridized carbons (Fsp3) is 0.917. The molecule has 2 fully saturated rings. The molecule has 0 aromatic carbocycles. The summed E-state index contributed by atoms with van der Waals surface area (Å²) in [5, 5.41) is 0. The summed E-state index contributed by atoms with van der Waals surface area (Å²) in [6.07, 6.45) is 4.05. The first-order chi connectivity index (χ1) is 6.98. The van der Waals surface area contributed by atoms with Gasteiger partial charge < -0.3 is 10.6 Å². The lowest BCUT2D eigenvalue weighted by molar-refractivity contribution is -0.134. The monoisotopic (exact) mass is 246 g/mol. The van der Waals surface area contributed by atoms with Crippen LogP contribution in [-0.2, 0) is 4.79 Å². The third-order valence-electron chi connectivity index (χ3n) is 3.81. The molecule has 1 aliphatic carbocycles. The van der Waals surface area contributed by atoms with Crippen molar-refractivity contribution in [2.45, 2.75) is 45.6 Å². The molecule has 16 heavy (non-hydrogen) atoms. The summed E-state index contributed by atoms with van der Waals surface area (Å²) in [5.41, 5.74) is 6.16. The molecular weight excluding hydrogens is 224 g/mol. The maximum atomic E-state index is 12.2. The Balaban J connectivity index is 0.00000128. The Bertz CT molecular complexity index is 268. The van der Waals surface area contributed by atoms with Crippen molar-refractivity contribution in [2.75, 3.05) is 13.1 Å². The van der Waals surface area contributed by atoms with Gasteiger partial charge in [0.25, 0.3) is 0 Å². The lowest BCUT2D eigenvalue weighted by Crippen LogP contribution is -2.35. The van der Waals surface area contributed by atoms with Crippen LogP contribution in [0.5, 0.6) is 0 Å². The second kappa shape index (κ2) is 4.92. The van der Waals surface area contributed by atoms with E-state index in [1.807, 2.05) is 4.90 Å². The van der Waals surface area contributed by atoms with Crippen LogP contribution in [-0.4, -0.2) is 29.9 Å². The van der Waals surface area contributed by atoms with Gasteiger partial charge in [-0.15, -0.1) is 12.4 Å². The van der Waals surface area contributed by atoms with Crippen LogP contribution in [0.4, 0.5) is 0 Å². The zero-order valence-electron chi connectivity index (χ0n) is 10.2. The van der Waals surface area contributed by atoms with E-state index < -0.39 is 0 Å². The molecule has 2 atom stereocenters. The molecule has 2 aliphatic rings. The van der Waals surface area contributed by atoms with E-state index in [9.17, 15) is 4.79 Å². The maximum absolute atomic E-state index is 12.2. The second-order valence-electron chi connectivity index (χ2n) is 5.94. The van der Waals surface area contributed by atoms with Crippen LogP contribution in [0.3, 0.4) is 0 Å². The van der Waals surface area contributed by atoms with Gasteiger partial charge in [0.05, 0.1) is 0 Å². The smallest absolute Gasteiger partial charge is 0.225 e. The fourth-order valence-corrected chi connectivity index (χ4v) is 2.80. The minimum Gasteiger partial charge on any atom is -0.342 e. The van der Waals surface area contributed by atoms with E-state index in [0.717, 1.165) is 38.8 Å². The summed E-state index contributed by atoms with van der Waals surface area (Å²) < 4.78 is 0. The van der Waals surface area contributed by atoms with Crippen LogP contribution in [0.25, 0.3) is 0 Å². The highest BCUT2D eigenvalue weighted by atomic mass is 35.5. The Morgan fingerprint density at radius 3 is 2.50 bits per heavy atom. The molecule has 1 aliphatic heterocycles. The highest BCUT2D eigenvalue weighted by Crippen LogP contribution is 2.32. The molecule has 0 aromatic heterocycles. The second-order valence-corrected chi connectivity index (χ2v) is 5.94. The van der Waals surface area contributed by atoms with Crippen LogP contribution in [0, 0.1) is 11.3 Å². The Kier molecular flexibility index (Phi) is 4.24. The standard InChI is InChI=1S/C12H22N2O.ClH/c1-12(2)5-6-14(8-12)11(15)9-3-4-10(13)7-9;/h9-10H,3-8,13H2,1-2H3;1H. The van der Waals surface area contributed by atoms with E-state index >= 15 is 0 Å². The summed E-state index contributed by atoms with van der Waals surface area (Å²) in [6.45, 7) is 6.34. The van der Waals surface area contributed by atoms with Gasteiger partial charge in [-0.2, -0.15) is 0 Å². The highest BCUT2D eigenvalue weighted by Gasteiger charge is 2.37. The molecule has 2 unspecified atom stereocenters. The van der Waals surface area contributed by atoms with Gasteiger partial charge in [0.1, 0.15) is 0 Å². The number of carbonyl (C=O) groups excluding carboxylic acids is 1. The number of carbonyl (C=O) groups is 1. The van der Waals surface area contributed by atoms with E-state index in [2.05, 4.69) is 13.8 Å². The Morgan fingerprint density at radius 2 is 2.06 bits per heavy atom. The third kappa shape index (κ3) is 2.89. The van der Waals surface area contributed by atoms with Gasteiger partial charge >= 0.3 is 0 Å². The number of hydrogen-bond acceptors (Lipinski definition) is 2. The molecule has 1 saturated carbocycles. The minimum atomic E-state index is 0. The summed E-state index contributed by atoms with van der Waals surface area (Å²) in [7, 11) is 0. The Hall–Kier alpha value is -0.280. The van der Waals surface area contributed by atoms with E-state index in [-0.39, 0.29) is 24.4 Å². The molecular formula is C12H23ClN2O. The average molecular weight is 247 g/mol. The normalized spacial score (nSPS) is 32.6. The first-order valence-electron chi connectivity index (χ1n) is 6.02. The largest absolute Gasteiger partial charge is 0.342 e. The van der Waals surface area contributed by atoms with Gasteiger partial charge in [0.15, 0.2) is 0 Å². The zero-order chi connectivity index (χ0) is 11.1. The predicted octanol–water partition coefficient (Wildman–Crippen LogP) is 1.79. The first kappa shape index (κ1) is 13.8. The molecule has 4 heteroatoms. The maximum Gasteiger partial charge on any atom is 0.225 e. The van der Waals surface area contributed by atoms with E-state index in [0.29, 0.717) is 11.3 Å². The molecule has 1 saturated heterocycles. The van der Waals surface area contributed by atoms with Gasteiger partial charge in [-0.05, 0) is 31.1 Å². The molecule has 1 heterocycles.